The van der Waals surface area contributed by atoms with E-state index in [0.29, 0.717) is 18.8 Å². The number of hydrogen-bond donors (Lipinski definition) is 0. The molecule has 1 aliphatic rings. The van der Waals surface area contributed by atoms with Crippen LogP contribution in [0.4, 0.5) is 0 Å². The summed E-state index contributed by atoms with van der Waals surface area (Å²) in [5.74, 6) is -0.338. The molecule has 0 amide bonds. The first kappa shape index (κ1) is 10.2. The van der Waals surface area contributed by atoms with Crippen molar-refractivity contribution in [3.05, 3.63) is 29.8 Å². The van der Waals surface area contributed by atoms with Crippen LogP contribution in [-0.4, -0.2) is 33.4 Å². The van der Waals surface area contributed by atoms with Gasteiger partial charge in [-0.1, -0.05) is 12.1 Å². The van der Waals surface area contributed by atoms with Gasteiger partial charge in [0, 0.05) is 0 Å². The van der Waals surface area contributed by atoms with Crippen molar-refractivity contribution in [1.82, 2.24) is 0 Å². The molecule has 15 heavy (non-hydrogen) atoms. The zero-order chi connectivity index (χ0) is 10.7. The first-order valence-corrected chi connectivity index (χ1v) is 4.73. The standard InChI is InChI=1S/C10H11BO4/c1-13-10(12)8-2-4-9(5-3-8)11-14-6-7-15-11/h2-5H,6-7H2,1H3. The second kappa shape index (κ2) is 4.46. The molecule has 1 aromatic carbocycles. The molecule has 4 nitrogen and oxygen atoms in total. The topological polar surface area (TPSA) is 44.8 Å². The van der Waals surface area contributed by atoms with Crippen LogP contribution in [0.3, 0.4) is 0 Å². The lowest BCUT2D eigenvalue weighted by Gasteiger charge is -2.04. The Morgan fingerprint density at radius 3 is 2.40 bits per heavy atom. The molecule has 2 rings (SSSR count). The van der Waals surface area contributed by atoms with E-state index in [1.807, 2.05) is 12.1 Å². The van der Waals surface area contributed by atoms with Crippen LogP contribution in [0.25, 0.3) is 0 Å². The fraction of sp³-hybridized carbons (Fsp3) is 0.300. The van der Waals surface area contributed by atoms with Gasteiger partial charge >= 0.3 is 13.1 Å². The summed E-state index contributed by atoms with van der Waals surface area (Å²) in [5.41, 5.74) is 1.44. The molecule has 1 aliphatic heterocycles. The van der Waals surface area contributed by atoms with E-state index in [-0.39, 0.29) is 13.1 Å². The molecule has 0 atom stereocenters. The Morgan fingerprint density at radius 2 is 1.87 bits per heavy atom. The largest absolute Gasteiger partial charge is 0.494 e. The molecular weight excluding hydrogens is 195 g/mol. The summed E-state index contributed by atoms with van der Waals surface area (Å²) < 4.78 is 15.3. The maximum absolute atomic E-state index is 11.2. The van der Waals surface area contributed by atoms with Crippen LogP contribution in [0.15, 0.2) is 24.3 Å². The highest BCUT2D eigenvalue weighted by Gasteiger charge is 2.25. The van der Waals surface area contributed by atoms with Crippen molar-refractivity contribution in [2.45, 2.75) is 0 Å². The average Bonchev–Trinajstić information content (AvgIpc) is 2.82. The Labute approximate surface area is 88.3 Å². The Morgan fingerprint density at radius 1 is 1.27 bits per heavy atom. The van der Waals surface area contributed by atoms with Gasteiger partial charge in [-0.2, -0.15) is 0 Å². The lowest BCUT2D eigenvalue weighted by atomic mass is 9.79. The van der Waals surface area contributed by atoms with Crippen LogP contribution in [0.2, 0.25) is 0 Å². The van der Waals surface area contributed by atoms with Gasteiger partial charge in [0.05, 0.1) is 25.9 Å². The molecule has 0 aromatic heterocycles. The minimum atomic E-state index is -0.338. The number of hydrogen-bond acceptors (Lipinski definition) is 4. The SMILES string of the molecule is COC(=O)c1ccc(B2OCCO2)cc1. The van der Waals surface area contributed by atoms with Crippen molar-refractivity contribution >= 4 is 18.6 Å². The van der Waals surface area contributed by atoms with Gasteiger partial charge in [0.1, 0.15) is 0 Å². The summed E-state index contributed by atoms with van der Waals surface area (Å²) in [4.78, 5) is 11.2. The van der Waals surface area contributed by atoms with E-state index in [2.05, 4.69) is 4.74 Å². The highest BCUT2D eigenvalue weighted by molar-refractivity contribution is 6.61. The quantitative estimate of drug-likeness (QED) is 0.512. The number of methoxy groups -OCH3 is 1. The molecule has 0 aliphatic carbocycles. The smallest absolute Gasteiger partial charge is 0.465 e. The maximum Gasteiger partial charge on any atom is 0.494 e. The van der Waals surface area contributed by atoms with E-state index in [0.717, 1.165) is 5.46 Å². The molecule has 1 saturated heterocycles. The second-order valence-corrected chi connectivity index (χ2v) is 3.19. The van der Waals surface area contributed by atoms with Gasteiger partial charge in [0.2, 0.25) is 0 Å². The van der Waals surface area contributed by atoms with Crippen molar-refractivity contribution in [2.75, 3.05) is 20.3 Å². The lowest BCUT2D eigenvalue weighted by molar-refractivity contribution is 0.0601. The van der Waals surface area contributed by atoms with Crippen LogP contribution in [0.1, 0.15) is 10.4 Å². The zero-order valence-corrected chi connectivity index (χ0v) is 8.43. The van der Waals surface area contributed by atoms with Crippen molar-refractivity contribution in [2.24, 2.45) is 0 Å². The molecule has 1 aromatic rings. The summed E-state index contributed by atoms with van der Waals surface area (Å²) in [6.45, 7) is 1.23. The Balaban J connectivity index is 2.12. The first-order chi connectivity index (χ1) is 7.31. The monoisotopic (exact) mass is 206 g/mol. The van der Waals surface area contributed by atoms with Crippen LogP contribution in [0.5, 0.6) is 0 Å². The van der Waals surface area contributed by atoms with E-state index in [1.54, 1.807) is 12.1 Å². The third-order valence-corrected chi connectivity index (χ3v) is 2.23. The number of benzene rings is 1. The fourth-order valence-electron chi connectivity index (χ4n) is 1.45. The normalized spacial score (nSPS) is 15.4. The van der Waals surface area contributed by atoms with E-state index in [4.69, 9.17) is 9.31 Å². The summed E-state index contributed by atoms with van der Waals surface area (Å²) in [7, 11) is 1.07. The molecule has 0 radical (unpaired) electrons. The van der Waals surface area contributed by atoms with Crippen LogP contribution >= 0.6 is 0 Å². The molecule has 1 fully saturated rings. The highest BCUT2D eigenvalue weighted by atomic mass is 16.6. The summed E-state index contributed by atoms with van der Waals surface area (Å²) in [5, 5.41) is 0. The molecule has 0 spiro atoms. The Kier molecular flexibility index (Phi) is 3.04. The predicted octanol–water partition coefficient (Wildman–Crippen LogP) is 0.215. The van der Waals surface area contributed by atoms with Gasteiger partial charge in [-0.3, -0.25) is 0 Å². The lowest BCUT2D eigenvalue weighted by Crippen LogP contribution is -2.31. The molecular formula is C10H11BO4. The number of esters is 1. The highest BCUT2D eigenvalue weighted by Crippen LogP contribution is 2.03. The minimum absolute atomic E-state index is 0.295. The van der Waals surface area contributed by atoms with E-state index >= 15 is 0 Å². The summed E-state index contributed by atoms with van der Waals surface area (Å²) in [6, 6.07) is 7.02. The molecule has 0 N–H and O–H groups in total. The van der Waals surface area contributed by atoms with Gasteiger partial charge in [-0.25, -0.2) is 4.79 Å². The Bertz CT molecular complexity index is 343. The van der Waals surface area contributed by atoms with Crippen LogP contribution in [-0.2, 0) is 14.0 Å². The minimum Gasteiger partial charge on any atom is -0.465 e. The number of ether oxygens (including phenoxy) is 1. The maximum atomic E-state index is 11.2. The Hall–Kier alpha value is -1.33. The van der Waals surface area contributed by atoms with Gasteiger partial charge in [-0.05, 0) is 17.6 Å². The number of carbonyl (C=O) groups excluding carboxylic acids is 1. The van der Waals surface area contributed by atoms with Crippen molar-refractivity contribution in [1.29, 1.82) is 0 Å². The van der Waals surface area contributed by atoms with Crippen LogP contribution in [0, 0.1) is 0 Å². The number of rotatable bonds is 2. The molecule has 0 bridgehead atoms. The van der Waals surface area contributed by atoms with Crippen molar-refractivity contribution in [3.63, 3.8) is 0 Å². The van der Waals surface area contributed by atoms with Gasteiger partial charge in [0.15, 0.2) is 0 Å². The van der Waals surface area contributed by atoms with Gasteiger partial charge < -0.3 is 14.0 Å². The van der Waals surface area contributed by atoms with Gasteiger partial charge in [-0.15, -0.1) is 0 Å². The molecule has 1 heterocycles. The zero-order valence-electron chi connectivity index (χ0n) is 8.43. The predicted molar refractivity (Wildman–Crippen MR) is 55.1 cm³/mol. The fourth-order valence-corrected chi connectivity index (χ4v) is 1.45. The first-order valence-electron chi connectivity index (χ1n) is 4.73. The third-order valence-electron chi connectivity index (χ3n) is 2.23. The molecule has 5 heteroatoms. The summed E-state index contributed by atoms with van der Waals surface area (Å²) >= 11 is 0. The summed E-state index contributed by atoms with van der Waals surface area (Å²) in [6.07, 6.45) is 0. The third kappa shape index (κ3) is 2.19. The molecule has 78 valence electrons. The van der Waals surface area contributed by atoms with Crippen molar-refractivity contribution in [3.8, 4) is 0 Å². The molecule has 0 saturated carbocycles. The van der Waals surface area contributed by atoms with Crippen molar-refractivity contribution < 1.29 is 18.8 Å². The van der Waals surface area contributed by atoms with E-state index in [9.17, 15) is 4.79 Å². The van der Waals surface area contributed by atoms with E-state index in [1.165, 1.54) is 7.11 Å². The average molecular weight is 206 g/mol. The molecule has 0 unspecified atom stereocenters. The van der Waals surface area contributed by atoms with Gasteiger partial charge in [0.25, 0.3) is 0 Å². The number of carbonyl (C=O) groups is 1. The van der Waals surface area contributed by atoms with E-state index < -0.39 is 0 Å². The van der Waals surface area contributed by atoms with Crippen LogP contribution < -0.4 is 5.46 Å². The second-order valence-electron chi connectivity index (χ2n) is 3.19.